The monoisotopic (exact) mass is 445 g/mol. The van der Waals surface area contributed by atoms with Gasteiger partial charge in [-0.2, -0.15) is 13.2 Å². The van der Waals surface area contributed by atoms with E-state index < -0.39 is 24.2 Å². The number of alkyl halides is 3. The lowest BCUT2D eigenvalue weighted by Gasteiger charge is -2.70. The molecule has 1 N–H and O–H groups in total. The summed E-state index contributed by atoms with van der Waals surface area (Å²) in [7, 11) is 0. The summed E-state index contributed by atoms with van der Waals surface area (Å²) in [5, 5.41) is 10.2. The zero-order chi connectivity index (χ0) is 22.9. The Labute approximate surface area is 185 Å². The van der Waals surface area contributed by atoms with Gasteiger partial charge in [0.1, 0.15) is 5.69 Å². The van der Waals surface area contributed by atoms with E-state index in [0.29, 0.717) is 13.1 Å². The van der Waals surface area contributed by atoms with E-state index in [1.165, 1.54) is 6.20 Å². The third-order valence-corrected chi connectivity index (χ3v) is 6.43. The largest absolute Gasteiger partial charge is 0.394 e. The molecule has 1 aromatic heterocycles. The highest BCUT2D eigenvalue weighted by Gasteiger charge is 2.67. The topological polar surface area (TPSA) is 56.7 Å². The number of hydrogen-bond acceptors (Lipinski definition) is 4. The first-order chi connectivity index (χ1) is 15.3. The second kappa shape index (κ2) is 8.67. The molecular formula is C24H26F3N3O2. The van der Waals surface area contributed by atoms with Gasteiger partial charge in [-0.05, 0) is 30.2 Å². The van der Waals surface area contributed by atoms with Gasteiger partial charge in [-0.15, -0.1) is 0 Å². The van der Waals surface area contributed by atoms with Gasteiger partial charge < -0.3 is 10.0 Å². The number of aliphatic hydroxyl groups is 1. The quantitative estimate of drug-likeness (QED) is 0.737. The highest BCUT2D eigenvalue weighted by Crippen LogP contribution is 2.54. The van der Waals surface area contributed by atoms with Crippen LogP contribution < -0.4 is 0 Å². The molecule has 2 aliphatic rings. The average Bonchev–Trinajstić information content (AvgIpc) is 2.73. The van der Waals surface area contributed by atoms with Crippen molar-refractivity contribution in [3.8, 4) is 0 Å². The Bertz CT molecular complexity index is 970. The molecule has 0 unspecified atom stereocenters. The number of aliphatic hydroxyl groups excluding tert-OH is 1. The summed E-state index contributed by atoms with van der Waals surface area (Å²) in [5.74, 6) is -0.469. The number of amides is 1. The summed E-state index contributed by atoms with van der Waals surface area (Å²) in [6.45, 7) is 2.26. The first kappa shape index (κ1) is 22.5. The minimum Gasteiger partial charge on any atom is -0.394 e. The molecular weight excluding hydrogens is 419 g/mol. The highest BCUT2D eigenvalue weighted by atomic mass is 19.4. The number of halogens is 3. The van der Waals surface area contributed by atoms with Crippen molar-refractivity contribution in [3.63, 3.8) is 0 Å². The highest BCUT2D eigenvalue weighted by molar-refractivity contribution is 5.94. The van der Waals surface area contributed by atoms with E-state index in [4.69, 9.17) is 0 Å². The van der Waals surface area contributed by atoms with Crippen molar-refractivity contribution >= 4 is 12.0 Å². The van der Waals surface area contributed by atoms with E-state index in [-0.39, 0.29) is 30.7 Å². The van der Waals surface area contributed by atoms with E-state index in [2.05, 4.69) is 4.98 Å². The minimum atomic E-state index is -4.22. The molecule has 1 spiro atoms. The van der Waals surface area contributed by atoms with Crippen LogP contribution in [0.25, 0.3) is 6.08 Å². The fourth-order valence-corrected chi connectivity index (χ4v) is 5.12. The molecule has 8 heteroatoms. The van der Waals surface area contributed by atoms with Crippen molar-refractivity contribution < 1.29 is 23.1 Å². The Hall–Kier alpha value is -2.71. The molecule has 1 aromatic carbocycles. The molecule has 2 atom stereocenters. The maximum absolute atomic E-state index is 13.3. The molecule has 170 valence electrons. The van der Waals surface area contributed by atoms with Gasteiger partial charge in [0.15, 0.2) is 0 Å². The summed E-state index contributed by atoms with van der Waals surface area (Å²) >= 11 is 0. The van der Waals surface area contributed by atoms with Crippen LogP contribution in [-0.4, -0.2) is 69.8 Å². The van der Waals surface area contributed by atoms with Gasteiger partial charge in [-0.3, -0.25) is 14.7 Å². The molecule has 0 radical (unpaired) electrons. The van der Waals surface area contributed by atoms with Crippen LogP contribution in [0, 0.1) is 0 Å². The molecule has 32 heavy (non-hydrogen) atoms. The van der Waals surface area contributed by atoms with E-state index in [1.54, 1.807) is 28.0 Å². The van der Waals surface area contributed by atoms with E-state index in [9.17, 15) is 23.1 Å². The molecule has 2 saturated heterocycles. The summed E-state index contributed by atoms with van der Waals surface area (Å²) in [6, 6.07) is 12.5. The Morgan fingerprint density at radius 3 is 2.50 bits per heavy atom. The number of nitrogens with zero attached hydrogens (tertiary/aromatic N) is 3. The number of rotatable bonds is 6. The standard InChI is InChI=1S/C24H26F3N3O2/c1-2-5-17-7-9-18(10-8-17)21-20(14-31)30(22(32)19-6-3-4-12-28-19)23(21)15-29(16-23)13-11-24(25,26)27/h2-10,12,20-21,31H,11,13-16H2,1H3/b5-2+/t20-,21+/m0/s1. The van der Waals surface area contributed by atoms with Crippen LogP contribution in [0.3, 0.4) is 0 Å². The summed E-state index contributed by atoms with van der Waals surface area (Å²) in [5.41, 5.74) is 1.61. The zero-order valence-corrected chi connectivity index (χ0v) is 17.8. The van der Waals surface area contributed by atoms with Crippen LogP contribution in [0.2, 0.25) is 0 Å². The van der Waals surface area contributed by atoms with Gasteiger partial charge in [0.2, 0.25) is 0 Å². The van der Waals surface area contributed by atoms with E-state index in [0.717, 1.165) is 11.1 Å². The normalized spacial score (nSPS) is 22.7. The van der Waals surface area contributed by atoms with Crippen LogP contribution >= 0.6 is 0 Å². The van der Waals surface area contributed by atoms with Crippen LogP contribution in [0.4, 0.5) is 13.2 Å². The second-order valence-corrected chi connectivity index (χ2v) is 8.46. The number of benzene rings is 1. The molecule has 5 nitrogen and oxygen atoms in total. The van der Waals surface area contributed by atoms with Crippen molar-refractivity contribution in [2.75, 3.05) is 26.2 Å². The SMILES string of the molecule is C/C=C/c1ccc([C@@H]2[C@H](CO)N(C(=O)c3ccccn3)C23CN(CCC(F)(F)F)C3)cc1. The lowest BCUT2D eigenvalue weighted by atomic mass is 9.60. The maximum Gasteiger partial charge on any atom is 0.390 e. The molecule has 0 aliphatic carbocycles. The number of carbonyl (C=O) groups is 1. The predicted molar refractivity (Wildman–Crippen MR) is 115 cm³/mol. The lowest BCUT2D eigenvalue weighted by molar-refractivity contribution is -0.179. The number of allylic oxidation sites excluding steroid dienone is 1. The number of hydrogen-bond donors (Lipinski definition) is 1. The van der Waals surface area contributed by atoms with Gasteiger partial charge >= 0.3 is 6.18 Å². The molecule has 0 saturated carbocycles. The Kier molecular flexibility index (Phi) is 6.09. The molecule has 2 fully saturated rings. The van der Waals surface area contributed by atoms with Gasteiger partial charge in [0, 0.05) is 31.7 Å². The minimum absolute atomic E-state index is 0.104. The van der Waals surface area contributed by atoms with Crippen molar-refractivity contribution in [1.82, 2.24) is 14.8 Å². The van der Waals surface area contributed by atoms with Crippen molar-refractivity contribution in [1.29, 1.82) is 0 Å². The molecule has 0 bridgehead atoms. The predicted octanol–water partition coefficient (Wildman–Crippen LogP) is 3.72. The fourth-order valence-electron chi connectivity index (χ4n) is 5.12. The summed E-state index contributed by atoms with van der Waals surface area (Å²) in [6.07, 6.45) is 0.337. The number of pyridine rings is 1. The van der Waals surface area contributed by atoms with Crippen LogP contribution in [0.5, 0.6) is 0 Å². The number of likely N-dealkylation sites (tertiary alicyclic amines) is 2. The van der Waals surface area contributed by atoms with E-state index in [1.807, 2.05) is 43.3 Å². The smallest absolute Gasteiger partial charge is 0.390 e. The van der Waals surface area contributed by atoms with Crippen molar-refractivity contribution in [2.24, 2.45) is 0 Å². The van der Waals surface area contributed by atoms with Crippen molar-refractivity contribution in [3.05, 3.63) is 71.6 Å². The van der Waals surface area contributed by atoms with E-state index >= 15 is 0 Å². The summed E-state index contributed by atoms with van der Waals surface area (Å²) in [4.78, 5) is 20.8. The fraction of sp³-hybridized carbons (Fsp3) is 0.417. The Morgan fingerprint density at radius 2 is 1.94 bits per heavy atom. The number of aromatic nitrogens is 1. The molecule has 4 rings (SSSR count). The van der Waals surface area contributed by atoms with Gasteiger partial charge in [0.05, 0.1) is 24.6 Å². The molecule has 3 heterocycles. The first-order valence-corrected chi connectivity index (χ1v) is 10.7. The first-order valence-electron chi connectivity index (χ1n) is 10.7. The van der Waals surface area contributed by atoms with Crippen molar-refractivity contribution in [2.45, 2.75) is 37.0 Å². The third kappa shape index (κ3) is 4.04. The van der Waals surface area contributed by atoms with Crippen LogP contribution in [-0.2, 0) is 0 Å². The van der Waals surface area contributed by atoms with Crippen LogP contribution in [0.15, 0.2) is 54.7 Å². The van der Waals surface area contributed by atoms with Gasteiger partial charge in [0.25, 0.3) is 5.91 Å². The summed E-state index contributed by atoms with van der Waals surface area (Å²) < 4.78 is 38.1. The van der Waals surface area contributed by atoms with Gasteiger partial charge in [-0.1, -0.05) is 42.5 Å². The number of carbonyl (C=O) groups excluding carboxylic acids is 1. The Balaban J connectivity index is 1.62. The van der Waals surface area contributed by atoms with Gasteiger partial charge in [-0.25, -0.2) is 0 Å². The average molecular weight is 445 g/mol. The maximum atomic E-state index is 13.3. The lowest BCUT2D eigenvalue weighted by Crippen LogP contribution is -2.85. The molecule has 2 aromatic rings. The third-order valence-electron chi connectivity index (χ3n) is 6.43. The molecule has 1 amide bonds. The molecule has 2 aliphatic heterocycles. The second-order valence-electron chi connectivity index (χ2n) is 8.46. The zero-order valence-electron chi connectivity index (χ0n) is 17.8. The Morgan fingerprint density at radius 1 is 1.22 bits per heavy atom. The van der Waals surface area contributed by atoms with Crippen LogP contribution in [0.1, 0.15) is 40.9 Å².